The first-order valence-electron chi connectivity index (χ1n) is 8.61. The van der Waals surface area contributed by atoms with E-state index < -0.39 is 6.16 Å². The van der Waals surface area contributed by atoms with Gasteiger partial charge < -0.3 is 14.2 Å². The van der Waals surface area contributed by atoms with Crippen molar-refractivity contribution in [3.63, 3.8) is 0 Å². The van der Waals surface area contributed by atoms with Crippen LogP contribution in [0.2, 0.25) is 0 Å². The summed E-state index contributed by atoms with van der Waals surface area (Å²) in [5.41, 5.74) is 0.747. The Labute approximate surface area is 143 Å². The molecule has 0 N–H and O–H groups in total. The Morgan fingerprint density at radius 3 is 2.79 bits per heavy atom. The first-order valence-corrected chi connectivity index (χ1v) is 8.61. The number of carbonyl (C=O) groups excluding carboxylic acids is 2. The lowest BCUT2D eigenvalue weighted by Crippen LogP contribution is -2.26. The van der Waals surface area contributed by atoms with Gasteiger partial charge in [0, 0.05) is 11.6 Å². The number of hydrogen-bond donors (Lipinski definition) is 0. The summed E-state index contributed by atoms with van der Waals surface area (Å²) in [5, 5.41) is 0. The van der Waals surface area contributed by atoms with Gasteiger partial charge in [-0.05, 0) is 52.0 Å². The molecule has 6 heteroatoms. The van der Waals surface area contributed by atoms with Crippen LogP contribution in [0.3, 0.4) is 0 Å². The second-order valence-corrected chi connectivity index (χ2v) is 6.84. The first kappa shape index (κ1) is 18.6. The molecule has 1 saturated heterocycles. The second kappa shape index (κ2) is 8.42. The van der Waals surface area contributed by atoms with Gasteiger partial charge in [0.1, 0.15) is 6.61 Å². The quantitative estimate of drug-likeness (QED) is 0.720. The Morgan fingerprint density at radius 2 is 2.08 bits per heavy atom. The van der Waals surface area contributed by atoms with Gasteiger partial charge in [0.05, 0.1) is 18.3 Å². The number of amides is 1. The molecule has 3 unspecified atom stereocenters. The van der Waals surface area contributed by atoms with Crippen LogP contribution in [0.1, 0.15) is 47.0 Å². The molecule has 134 valence electrons. The lowest BCUT2D eigenvalue weighted by atomic mass is 9.87. The first-order chi connectivity index (χ1) is 11.3. The topological polar surface area (TPSA) is 74.2 Å². The number of hydrogen-bond acceptors (Lipinski definition) is 5. The number of rotatable bonds is 5. The summed E-state index contributed by atoms with van der Waals surface area (Å²) in [5.74, 6) is -0.0956. The minimum absolute atomic E-state index is 0.00174. The van der Waals surface area contributed by atoms with Crippen molar-refractivity contribution in [2.45, 2.75) is 65.3 Å². The number of aliphatic imine (C=N–C) groups is 1. The smallest absolute Gasteiger partial charge is 0.432 e. The van der Waals surface area contributed by atoms with Crippen molar-refractivity contribution in [1.29, 1.82) is 0 Å². The lowest BCUT2D eigenvalue weighted by Gasteiger charge is -2.21. The lowest BCUT2D eigenvalue weighted by molar-refractivity contribution is -0.124. The minimum Gasteiger partial charge on any atom is -0.432 e. The van der Waals surface area contributed by atoms with Crippen molar-refractivity contribution < 1.29 is 23.8 Å². The fourth-order valence-electron chi connectivity index (χ4n) is 3.01. The largest absolute Gasteiger partial charge is 0.508 e. The van der Waals surface area contributed by atoms with Gasteiger partial charge in [-0.25, -0.2) is 9.79 Å². The van der Waals surface area contributed by atoms with Gasteiger partial charge in [-0.2, -0.15) is 0 Å². The molecule has 2 aliphatic rings. The zero-order chi connectivity index (χ0) is 17.7. The average molecular weight is 337 g/mol. The zero-order valence-electron chi connectivity index (χ0n) is 14.9. The summed E-state index contributed by atoms with van der Waals surface area (Å²) in [6.07, 6.45) is 5.25. The maximum Gasteiger partial charge on any atom is 0.508 e. The Morgan fingerprint density at radius 1 is 1.38 bits per heavy atom. The van der Waals surface area contributed by atoms with E-state index in [1.165, 1.54) is 0 Å². The van der Waals surface area contributed by atoms with Crippen molar-refractivity contribution in [2.24, 2.45) is 16.8 Å². The van der Waals surface area contributed by atoms with Crippen molar-refractivity contribution in [3.8, 4) is 0 Å². The van der Waals surface area contributed by atoms with E-state index in [4.69, 9.17) is 14.2 Å². The molecule has 1 fully saturated rings. The standard InChI is InChI=1S/C18H27NO5/c1-11(2)23-18(21)22-10-15-8-7-14(24-15)9-16-12(3)5-6-13(4)19-17(16)20/h5-6,11-12,14-16H,7-10H2,1-4H3/t12?,14-,15?,16?/m1/s1. The average Bonchev–Trinajstić information content (AvgIpc) is 2.90. The zero-order valence-corrected chi connectivity index (χ0v) is 14.9. The predicted octanol–water partition coefficient (Wildman–Crippen LogP) is 3.30. The number of ether oxygens (including phenoxy) is 3. The van der Waals surface area contributed by atoms with Gasteiger partial charge >= 0.3 is 6.16 Å². The molecular weight excluding hydrogens is 310 g/mol. The van der Waals surface area contributed by atoms with E-state index in [9.17, 15) is 9.59 Å². The molecule has 0 aliphatic carbocycles. The van der Waals surface area contributed by atoms with Crippen LogP contribution in [0.4, 0.5) is 4.79 Å². The fraction of sp³-hybridized carbons (Fsp3) is 0.722. The Bertz CT molecular complexity index is 526. The van der Waals surface area contributed by atoms with E-state index in [2.05, 4.69) is 4.99 Å². The second-order valence-electron chi connectivity index (χ2n) is 6.84. The van der Waals surface area contributed by atoms with Gasteiger partial charge in [0.25, 0.3) is 0 Å². The molecule has 0 radical (unpaired) electrons. The van der Waals surface area contributed by atoms with Crippen LogP contribution in [-0.2, 0) is 19.0 Å². The molecule has 0 aromatic carbocycles. The molecular formula is C18H27NO5. The Balaban J connectivity index is 1.80. The molecule has 4 atom stereocenters. The summed E-state index contributed by atoms with van der Waals surface area (Å²) in [6, 6.07) is 0. The SMILES string of the molecule is CC1=NC(=O)C(C[C@H]2CCC(COC(=O)OC(C)C)O2)C(C)C=C1. The molecule has 0 aromatic heterocycles. The molecule has 2 heterocycles. The van der Waals surface area contributed by atoms with Crippen LogP contribution in [0, 0.1) is 11.8 Å². The van der Waals surface area contributed by atoms with Crippen LogP contribution >= 0.6 is 0 Å². The van der Waals surface area contributed by atoms with Crippen molar-refractivity contribution in [2.75, 3.05) is 6.61 Å². The van der Waals surface area contributed by atoms with Gasteiger partial charge in [0.2, 0.25) is 5.91 Å². The minimum atomic E-state index is -0.667. The van der Waals surface area contributed by atoms with Crippen molar-refractivity contribution in [3.05, 3.63) is 12.2 Å². The van der Waals surface area contributed by atoms with Crippen LogP contribution in [0.25, 0.3) is 0 Å². The molecule has 0 saturated carbocycles. The van der Waals surface area contributed by atoms with E-state index in [0.29, 0.717) is 6.42 Å². The summed E-state index contributed by atoms with van der Waals surface area (Å²) in [7, 11) is 0. The fourth-order valence-corrected chi connectivity index (χ4v) is 3.01. The Kier molecular flexibility index (Phi) is 6.54. The molecule has 2 rings (SSSR count). The van der Waals surface area contributed by atoms with Gasteiger partial charge in [-0.1, -0.05) is 13.0 Å². The molecule has 6 nitrogen and oxygen atoms in total. The maximum atomic E-state index is 12.3. The van der Waals surface area contributed by atoms with Crippen LogP contribution in [0.5, 0.6) is 0 Å². The molecule has 24 heavy (non-hydrogen) atoms. The van der Waals surface area contributed by atoms with E-state index in [0.717, 1.165) is 18.6 Å². The highest BCUT2D eigenvalue weighted by molar-refractivity contribution is 6.02. The van der Waals surface area contributed by atoms with E-state index in [1.807, 2.05) is 26.0 Å². The normalized spacial score (nSPS) is 30.2. The van der Waals surface area contributed by atoms with Crippen LogP contribution in [-0.4, -0.2) is 42.7 Å². The molecule has 0 bridgehead atoms. The summed E-state index contributed by atoms with van der Waals surface area (Å²) in [4.78, 5) is 27.8. The molecule has 0 aromatic rings. The molecule has 2 aliphatic heterocycles. The third-order valence-corrected chi connectivity index (χ3v) is 4.31. The maximum absolute atomic E-state index is 12.3. The van der Waals surface area contributed by atoms with Crippen molar-refractivity contribution >= 4 is 17.8 Å². The van der Waals surface area contributed by atoms with Crippen LogP contribution in [0.15, 0.2) is 17.1 Å². The van der Waals surface area contributed by atoms with E-state index in [-0.39, 0.29) is 42.7 Å². The summed E-state index contributed by atoms with van der Waals surface area (Å²) < 4.78 is 15.9. The summed E-state index contributed by atoms with van der Waals surface area (Å²) in [6.45, 7) is 7.59. The highest BCUT2D eigenvalue weighted by atomic mass is 16.7. The molecule has 0 spiro atoms. The number of allylic oxidation sites excluding steroid dienone is 2. The van der Waals surface area contributed by atoms with Gasteiger partial charge in [-0.3, -0.25) is 4.79 Å². The van der Waals surface area contributed by atoms with E-state index in [1.54, 1.807) is 13.8 Å². The molecule has 1 amide bonds. The monoisotopic (exact) mass is 337 g/mol. The highest BCUT2D eigenvalue weighted by Crippen LogP contribution is 2.30. The van der Waals surface area contributed by atoms with E-state index >= 15 is 0 Å². The van der Waals surface area contributed by atoms with Gasteiger partial charge in [0.15, 0.2) is 0 Å². The third-order valence-electron chi connectivity index (χ3n) is 4.31. The number of carbonyl (C=O) groups is 2. The number of nitrogens with zero attached hydrogens (tertiary/aromatic N) is 1. The Hall–Kier alpha value is -1.69. The summed E-state index contributed by atoms with van der Waals surface area (Å²) >= 11 is 0. The van der Waals surface area contributed by atoms with Gasteiger partial charge in [-0.15, -0.1) is 0 Å². The highest BCUT2D eigenvalue weighted by Gasteiger charge is 2.33. The third kappa shape index (κ3) is 5.44. The predicted molar refractivity (Wildman–Crippen MR) is 90.0 cm³/mol. The van der Waals surface area contributed by atoms with Crippen LogP contribution < -0.4 is 0 Å². The van der Waals surface area contributed by atoms with Crippen molar-refractivity contribution in [1.82, 2.24) is 0 Å².